The molecule has 2 aromatic rings. The minimum atomic E-state index is -0.479. The molecule has 4 nitrogen and oxygen atoms in total. The summed E-state index contributed by atoms with van der Waals surface area (Å²) in [5, 5.41) is 0. The van der Waals surface area contributed by atoms with Gasteiger partial charge >= 0.3 is 11.9 Å². The summed E-state index contributed by atoms with van der Waals surface area (Å²) in [6.07, 6.45) is 9.79. The van der Waals surface area contributed by atoms with E-state index in [1.807, 2.05) is 30.4 Å². The first kappa shape index (κ1) is 16.5. The van der Waals surface area contributed by atoms with Crippen LogP contribution in [0.5, 0.6) is 5.75 Å². The van der Waals surface area contributed by atoms with Crippen LogP contribution in [0.15, 0.2) is 90.7 Å². The van der Waals surface area contributed by atoms with Crippen LogP contribution < -0.4 is 4.74 Å². The Morgan fingerprint density at radius 2 is 1.36 bits per heavy atom. The molecular formula is C21H16O4. The molecule has 124 valence electrons. The molecule has 0 fully saturated rings. The van der Waals surface area contributed by atoms with Gasteiger partial charge in [0, 0.05) is 6.42 Å². The van der Waals surface area contributed by atoms with Gasteiger partial charge in [-0.1, -0.05) is 42.5 Å². The van der Waals surface area contributed by atoms with E-state index in [0.717, 1.165) is 0 Å². The second-order valence-electron chi connectivity index (χ2n) is 5.32. The zero-order chi connectivity index (χ0) is 17.5. The lowest BCUT2D eigenvalue weighted by molar-refractivity contribution is 0.0617. The molecule has 1 aliphatic carbocycles. The molecule has 0 radical (unpaired) electrons. The normalized spacial score (nSPS) is 12.9. The zero-order valence-corrected chi connectivity index (χ0v) is 13.4. The van der Waals surface area contributed by atoms with Crippen molar-refractivity contribution < 1.29 is 19.1 Å². The van der Waals surface area contributed by atoms with Crippen molar-refractivity contribution in [1.29, 1.82) is 0 Å². The largest absolute Gasteiger partial charge is 0.427 e. The van der Waals surface area contributed by atoms with E-state index in [1.54, 1.807) is 54.6 Å². The molecule has 0 heterocycles. The monoisotopic (exact) mass is 332 g/mol. The molecule has 0 aromatic heterocycles. The Morgan fingerprint density at radius 1 is 0.720 bits per heavy atom. The number of para-hydroxylation sites is 1. The molecular weight excluding hydrogens is 316 g/mol. The van der Waals surface area contributed by atoms with Gasteiger partial charge in [-0.25, -0.2) is 9.59 Å². The number of hydrogen-bond acceptors (Lipinski definition) is 4. The van der Waals surface area contributed by atoms with E-state index in [4.69, 9.17) is 9.47 Å². The van der Waals surface area contributed by atoms with Gasteiger partial charge in [-0.3, -0.25) is 0 Å². The van der Waals surface area contributed by atoms with Gasteiger partial charge in [0.2, 0.25) is 0 Å². The second-order valence-corrected chi connectivity index (χ2v) is 5.32. The topological polar surface area (TPSA) is 52.6 Å². The van der Waals surface area contributed by atoms with Gasteiger partial charge in [0.15, 0.2) is 0 Å². The molecule has 0 atom stereocenters. The summed E-state index contributed by atoms with van der Waals surface area (Å²) in [5.41, 5.74) is 0.731. The highest BCUT2D eigenvalue weighted by molar-refractivity contribution is 5.94. The minimum absolute atomic E-state index is 0.361. The minimum Gasteiger partial charge on any atom is -0.427 e. The maximum Gasteiger partial charge on any atom is 0.343 e. The Labute approximate surface area is 145 Å². The van der Waals surface area contributed by atoms with Gasteiger partial charge in [0.1, 0.15) is 11.5 Å². The average Bonchev–Trinajstić information content (AvgIpc) is 2.91. The van der Waals surface area contributed by atoms with Crippen molar-refractivity contribution in [3.63, 3.8) is 0 Å². The van der Waals surface area contributed by atoms with Gasteiger partial charge in [-0.15, -0.1) is 0 Å². The summed E-state index contributed by atoms with van der Waals surface area (Å²) in [7, 11) is 0. The lowest BCUT2D eigenvalue weighted by atomic mass is 10.1. The fourth-order valence-corrected chi connectivity index (χ4v) is 2.21. The maximum atomic E-state index is 12.2. The Kier molecular flexibility index (Phi) is 5.22. The number of allylic oxidation sites excluding steroid dienone is 5. The highest BCUT2D eigenvalue weighted by Crippen LogP contribution is 2.15. The summed E-state index contributed by atoms with van der Waals surface area (Å²) in [5.74, 6) is 0.103. The van der Waals surface area contributed by atoms with Crippen LogP contribution in [0.4, 0.5) is 0 Å². The van der Waals surface area contributed by atoms with Crippen molar-refractivity contribution in [3.8, 4) is 5.75 Å². The molecule has 0 bridgehead atoms. The van der Waals surface area contributed by atoms with Crippen LogP contribution in [0.2, 0.25) is 0 Å². The number of esters is 2. The van der Waals surface area contributed by atoms with Gasteiger partial charge in [-0.05, 0) is 42.5 Å². The quantitative estimate of drug-likeness (QED) is 0.612. The number of carbonyl (C=O) groups is 2. The fraction of sp³-hybridized carbons (Fsp3) is 0.0476. The Morgan fingerprint density at radius 3 is 2.04 bits per heavy atom. The number of benzene rings is 2. The highest BCUT2D eigenvalue weighted by Gasteiger charge is 2.13. The molecule has 25 heavy (non-hydrogen) atoms. The van der Waals surface area contributed by atoms with E-state index in [0.29, 0.717) is 29.1 Å². The second kappa shape index (κ2) is 7.93. The summed E-state index contributed by atoms with van der Waals surface area (Å²) < 4.78 is 10.6. The molecule has 0 spiro atoms. The van der Waals surface area contributed by atoms with E-state index in [1.165, 1.54) is 0 Å². The van der Waals surface area contributed by atoms with E-state index in [9.17, 15) is 9.59 Å². The van der Waals surface area contributed by atoms with Crippen molar-refractivity contribution in [2.24, 2.45) is 0 Å². The molecule has 4 heteroatoms. The molecule has 0 N–H and O–H groups in total. The predicted octanol–water partition coefficient (Wildman–Crippen LogP) is 4.46. The lowest BCUT2D eigenvalue weighted by Gasteiger charge is -2.07. The van der Waals surface area contributed by atoms with Crippen LogP contribution in [0.25, 0.3) is 0 Å². The van der Waals surface area contributed by atoms with Crippen molar-refractivity contribution in [2.75, 3.05) is 0 Å². The molecule has 0 saturated carbocycles. The van der Waals surface area contributed by atoms with Crippen LogP contribution in [0.1, 0.15) is 27.1 Å². The standard InChI is InChI=1S/C21H16O4/c22-20(24-18-8-4-1-2-5-9-18)16-12-14-17(15-13-16)21(23)25-19-10-6-3-7-11-19/h1-8,10-15H,9H2. The smallest absolute Gasteiger partial charge is 0.343 e. The van der Waals surface area contributed by atoms with Crippen molar-refractivity contribution in [1.82, 2.24) is 0 Å². The number of hydrogen-bond donors (Lipinski definition) is 0. The SMILES string of the molecule is O=C(OC1=CC=CC=CC1)c1ccc(C(=O)Oc2ccccc2)cc1. The molecule has 0 amide bonds. The summed E-state index contributed by atoms with van der Waals surface area (Å²) in [6, 6.07) is 15.0. The van der Waals surface area contributed by atoms with Crippen LogP contribution in [0.3, 0.4) is 0 Å². The van der Waals surface area contributed by atoms with Gasteiger partial charge in [0.05, 0.1) is 11.1 Å². The first-order valence-electron chi connectivity index (χ1n) is 7.84. The summed E-state index contributed by atoms with van der Waals surface area (Å²) in [4.78, 5) is 24.3. The summed E-state index contributed by atoms with van der Waals surface area (Å²) in [6.45, 7) is 0. The molecule has 0 unspecified atom stereocenters. The zero-order valence-electron chi connectivity index (χ0n) is 13.4. The molecule has 1 aliphatic rings. The van der Waals surface area contributed by atoms with E-state index in [2.05, 4.69) is 0 Å². The van der Waals surface area contributed by atoms with Gasteiger partial charge < -0.3 is 9.47 Å². The van der Waals surface area contributed by atoms with Crippen molar-refractivity contribution in [3.05, 3.63) is 102 Å². The number of carbonyl (C=O) groups excluding carboxylic acids is 2. The van der Waals surface area contributed by atoms with Gasteiger partial charge in [-0.2, -0.15) is 0 Å². The highest BCUT2D eigenvalue weighted by atomic mass is 16.5. The lowest BCUT2D eigenvalue weighted by Crippen LogP contribution is -2.09. The molecule has 2 aromatic carbocycles. The van der Waals surface area contributed by atoms with E-state index >= 15 is 0 Å². The van der Waals surface area contributed by atoms with Crippen molar-refractivity contribution in [2.45, 2.75) is 6.42 Å². The molecule has 3 rings (SSSR count). The van der Waals surface area contributed by atoms with E-state index < -0.39 is 11.9 Å². The van der Waals surface area contributed by atoms with Crippen molar-refractivity contribution >= 4 is 11.9 Å². The third kappa shape index (κ3) is 4.54. The average molecular weight is 332 g/mol. The Hall–Kier alpha value is -3.40. The Balaban J connectivity index is 1.64. The van der Waals surface area contributed by atoms with Crippen LogP contribution >= 0.6 is 0 Å². The van der Waals surface area contributed by atoms with Crippen LogP contribution in [-0.4, -0.2) is 11.9 Å². The van der Waals surface area contributed by atoms with Crippen LogP contribution in [0, 0.1) is 0 Å². The van der Waals surface area contributed by atoms with Crippen LogP contribution in [-0.2, 0) is 4.74 Å². The first-order chi connectivity index (χ1) is 12.2. The Bertz CT molecular complexity index is 843. The summed E-state index contributed by atoms with van der Waals surface area (Å²) >= 11 is 0. The first-order valence-corrected chi connectivity index (χ1v) is 7.84. The third-order valence-electron chi connectivity index (χ3n) is 3.49. The van der Waals surface area contributed by atoms with Gasteiger partial charge in [0.25, 0.3) is 0 Å². The third-order valence-corrected chi connectivity index (χ3v) is 3.49. The van der Waals surface area contributed by atoms with E-state index in [-0.39, 0.29) is 0 Å². The fourth-order valence-electron chi connectivity index (χ4n) is 2.21. The number of rotatable bonds is 4. The predicted molar refractivity (Wildman–Crippen MR) is 94.2 cm³/mol. The molecule has 0 aliphatic heterocycles. The molecule has 0 saturated heterocycles. The number of ether oxygens (including phenoxy) is 2. The maximum absolute atomic E-state index is 12.2.